The highest BCUT2D eigenvalue weighted by Crippen LogP contribution is 2.28. The van der Waals surface area contributed by atoms with Crippen LogP contribution in [0.5, 0.6) is 0 Å². The Balaban J connectivity index is 3.06. The van der Waals surface area contributed by atoms with Crippen molar-refractivity contribution in [2.45, 2.75) is 17.7 Å². The van der Waals surface area contributed by atoms with E-state index in [4.69, 9.17) is 0 Å². The van der Waals surface area contributed by atoms with Crippen molar-refractivity contribution < 1.29 is 13.2 Å². The minimum absolute atomic E-state index is 0.536. The molecular formula is C9H10AlF3. The van der Waals surface area contributed by atoms with E-state index in [1.807, 2.05) is 11.6 Å². The van der Waals surface area contributed by atoms with Crippen LogP contribution in [0.4, 0.5) is 13.2 Å². The third-order valence-electron chi connectivity index (χ3n) is 1.88. The molecule has 0 saturated carbocycles. The summed E-state index contributed by atoms with van der Waals surface area (Å²) in [7, 11) is 0. The molecule has 0 heterocycles. The molecule has 0 fully saturated rings. The van der Waals surface area contributed by atoms with Crippen molar-refractivity contribution in [2.75, 3.05) is 0 Å². The van der Waals surface area contributed by atoms with E-state index in [0.717, 1.165) is 10.5 Å². The first-order valence-electron chi connectivity index (χ1n) is 4.08. The first kappa shape index (κ1) is 10.6. The summed E-state index contributed by atoms with van der Waals surface area (Å²) >= 11 is -1.13. The molecule has 0 aliphatic heterocycles. The molecule has 1 aromatic carbocycles. The normalized spacial score (nSPS) is 11.5. The zero-order valence-electron chi connectivity index (χ0n) is 7.52. The minimum Gasteiger partial charge on any atom is -0.166 e. The molecule has 4 heteroatoms. The van der Waals surface area contributed by atoms with Crippen molar-refractivity contribution in [1.82, 2.24) is 0 Å². The second-order valence-corrected chi connectivity index (χ2v) is 6.25. The molecule has 70 valence electrons. The molecule has 0 nitrogen and oxygen atoms in total. The zero-order chi connectivity index (χ0) is 10.1. The van der Waals surface area contributed by atoms with E-state index in [-0.39, 0.29) is 0 Å². The molecule has 1 aromatic rings. The fourth-order valence-corrected chi connectivity index (χ4v) is 2.08. The molecule has 0 N–H and O–H groups in total. The van der Waals surface area contributed by atoms with Gasteiger partial charge in [0.25, 0.3) is 14.1 Å². The van der Waals surface area contributed by atoms with Gasteiger partial charge in [-0.1, -0.05) is 24.3 Å². The lowest BCUT2D eigenvalue weighted by Crippen LogP contribution is -2.24. The Morgan fingerprint density at radius 3 is 2.23 bits per heavy atom. The van der Waals surface area contributed by atoms with Crippen molar-refractivity contribution in [3.8, 4) is 0 Å². The lowest BCUT2D eigenvalue weighted by atomic mass is 10.2. The van der Waals surface area contributed by atoms with Crippen molar-refractivity contribution in [3.63, 3.8) is 0 Å². The zero-order valence-corrected chi connectivity index (χ0v) is 8.68. The summed E-state index contributed by atoms with van der Waals surface area (Å²) in [4.78, 5) is 0. The lowest BCUT2D eigenvalue weighted by molar-refractivity contribution is -0.137. The first-order valence-corrected chi connectivity index (χ1v) is 6.97. The van der Waals surface area contributed by atoms with E-state index in [2.05, 4.69) is 0 Å². The molecule has 13 heavy (non-hydrogen) atoms. The maximum absolute atomic E-state index is 12.2. The predicted molar refractivity (Wildman–Crippen MR) is 48.6 cm³/mol. The van der Waals surface area contributed by atoms with Gasteiger partial charge in [-0.3, -0.25) is 0 Å². The van der Waals surface area contributed by atoms with Gasteiger partial charge < -0.3 is 0 Å². The van der Waals surface area contributed by atoms with Crippen molar-refractivity contribution >= 4 is 18.6 Å². The summed E-state index contributed by atoms with van der Waals surface area (Å²) in [6, 6.07) is 5.62. The Morgan fingerprint density at radius 2 is 1.77 bits per heavy atom. The van der Waals surface area contributed by atoms with Gasteiger partial charge in [0.2, 0.25) is 0 Å². The smallest absolute Gasteiger partial charge is 0.166 e. The van der Waals surface area contributed by atoms with E-state index >= 15 is 0 Å². The Kier molecular flexibility index (Phi) is 3.05. The molecule has 1 rings (SSSR count). The monoisotopic (exact) mass is 202 g/mol. The number of hydrogen-bond donors (Lipinski definition) is 0. The maximum Gasteiger partial charge on any atom is 0.416 e. The number of halogens is 3. The van der Waals surface area contributed by atoms with Gasteiger partial charge in [0.15, 0.2) is 0 Å². The SMILES string of the molecule is [CH3][Al]([CH3])[c]1cccc(C(F)(F)F)c1. The Bertz CT molecular complexity index is 291. The van der Waals surface area contributed by atoms with Crippen LogP contribution in [0.15, 0.2) is 24.3 Å². The molecule has 0 aliphatic carbocycles. The summed E-state index contributed by atoms with van der Waals surface area (Å²) in [5, 5.41) is 0. The summed E-state index contributed by atoms with van der Waals surface area (Å²) in [6.45, 7) is 0. The van der Waals surface area contributed by atoms with Gasteiger partial charge in [-0.2, -0.15) is 13.2 Å². The van der Waals surface area contributed by atoms with Gasteiger partial charge in [0.1, 0.15) is 0 Å². The summed E-state index contributed by atoms with van der Waals surface area (Å²) in [6.07, 6.45) is -4.21. The average Bonchev–Trinajstić information content (AvgIpc) is 2.03. The number of alkyl halides is 3. The van der Waals surface area contributed by atoms with Crippen LogP contribution in [0, 0.1) is 0 Å². The first-order chi connectivity index (χ1) is 5.91. The van der Waals surface area contributed by atoms with Crippen LogP contribution in [0.2, 0.25) is 11.6 Å². The molecule has 0 amide bonds. The second kappa shape index (κ2) is 3.73. The van der Waals surface area contributed by atoms with Gasteiger partial charge in [-0.05, 0) is 0 Å². The second-order valence-electron chi connectivity index (χ2n) is 3.28. The van der Waals surface area contributed by atoms with Crippen LogP contribution in [-0.4, -0.2) is 14.1 Å². The molecule has 0 atom stereocenters. The van der Waals surface area contributed by atoms with Gasteiger partial charge in [-0.15, -0.1) is 16.0 Å². The van der Waals surface area contributed by atoms with E-state index in [1.54, 1.807) is 6.07 Å². The van der Waals surface area contributed by atoms with Crippen LogP contribution in [-0.2, 0) is 6.18 Å². The summed E-state index contributed by atoms with van der Waals surface area (Å²) in [5.74, 6) is 4.02. The van der Waals surface area contributed by atoms with Crippen LogP contribution in [0.3, 0.4) is 0 Å². The third kappa shape index (κ3) is 2.75. The van der Waals surface area contributed by atoms with Crippen LogP contribution < -0.4 is 4.43 Å². The predicted octanol–water partition coefficient (Wildman–Crippen LogP) is 2.67. The van der Waals surface area contributed by atoms with E-state index in [1.165, 1.54) is 12.1 Å². The largest absolute Gasteiger partial charge is 0.416 e. The fraction of sp³-hybridized carbons (Fsp3) is 0.333. The number of benzene rings is 1. The molecule has 0 aromatic heterocycles. The highest BCUT2D eigenvalue weighted by atomic mass is 27.2. The molecular weight excluding hydrogens is 192 g/mol. The fourth-order valence-electron chi connectivity index (χ4n) is 1.07. The van der Waals surface area contributed by atoms with Crippen LogP contribution >= 0.6 is 0 Å². The van der Waals surface area contributed by atoms with Gasteiger partial charge in [0, 0.05) is 0 Å². The highest BCUT2D eigenvalue weighted by Gasteiger charge is 2.30. The standard InChI is InChI=1S/C7H4F3.2CH3.Al/c8-7(9,10)6-4-2-1-3-5-6;;;/h1-2,4-5H;2*1H3;. The van der Waals surface area contributed by atoms with Crippen LogP contribution in [0.25, 0.3) is 0 Å². The van der Waals surface area contributed by atoms with E-state index < -0.39 is 25.9 Å². The molecule has 0 aliphatic rings. The third-order valence-corrected chi connectivity index (χ3v) is 3.57. The van der Waals surface area contributed by atoms with Crippen molar-refractivity contribution in [1.29, 1.82) is 0 Å². The van der Waals surface area contributed by atoms with Crippen molar-refractivity contribution in [3.05, 3.63) is 29.8 Å². The topological polar surface area (TPSA) is 0 Å². The van der Waals surface area contributed by atoms with Gasteiger partial charge in [-0.25, -0.2) is 0 Å². The van der Waals surface area contributed by atoms with Crippen molar-refractivity contribution in [2.24, 2.45) is 0 Å². The number of hydrogen-bond acceptors (Lipinski definition) is 0. The quantitative estimate of drug-likeness (QED) is 0.614. The Hall–Kier alpha value is -0.458. The molecule has 0 spiro atoms. The van der Waals surface area contributed by atoms with Gasteiger partial charge in [0.05, 0.1) is 5.56 Å². The molecule has 0 saturated heterocycles. The Morgan fingerprint density at radius 1 is 1.15 bits per heavy atom. The molecule has 0 unspecified atom stereocenters. The highest BCUT2D eigenvalue weighted by molar-refractivity contribution is 6.70. The number of rotatable bonds is 1. The minimum atomic E-state index is -4.21. The maximum atomic E-state index is 12.2. The summed E-state index contributed by atoms with van der Waals surface area (Å²) in [5.41, 5.74) is -0.536. The Labute approximate surface area is 79.8 Å². The molecule has 0 bridgehead atoms. The molecule has 0 radical (unpaired) electrons. The lowest BCUT2D eigenvalue weighted by Gasteiger charge is -2.08. The van der Waals surface area contributed by atoms with Crippen LogP contribution in [0.1, 0.15) is 5.56 Å². The van der Waals surface area contributed by atoms with Gasteiger partial charge >= 0.3 is 6.18 Å². The van der Waals surface area contributed by atoms with E-state index in [0.29, 0.717) is 0 Å². The summed E-state index contributed by atoms with van der Waals surface area (Å²) < 4.78 is 37.6. The average molecular weight is 202 g/mol. The van der Waals surface area contributed by atoms with E-state index in [9.17, 15) is 13.2 Å².